The Bertz CT molecular complexity index is 534. The third-order valence-electron chi connectivity index (χ3n) is 4.83. The highest BCUT2D eigenvalue weighted by atomic mass is 35.5. The quantitative estimate of drug-likeness (QED) is 0.847. The van der Waals surface area contributed by atoms with Crippen LogP contribution in [0.1, 0.15) is 39.0 Å². The van der Waals surface area contributed by atoms with Gasteiger partial charge >= 0.3 is 0 Å². The summed E-state index contributed by atoms with van der Waals surface area (Å²) >= 11 is 0. The van der Waals surface area contributed by atoms with E-state index in [-0.39, 0.29) is 29.6 Å². The van der Waals surface area contributed by atoms with Crippen LogP contribution < -0.4 is 10.1 Å². The number of carbonyl (C=O) groups is 1. The molecule has 1 atom stereocenters. The highest BCUT2D eigenvalue weighted by molar-refractivity contribution is 5.85. The number of rotatable bonds is 6. The van der Waals surface area contributed by atoms with Crippen LogP contribution in [0, 0.1) is 5.82 Å². The molecule has 1 aromatic carbocycles. The average Bonchev–Trinajstić information content (AvgIpc) is 2.55. The maximum absolute atomic E-state index is 13.6. The van der Waals surface area contributed by atoms with Crippen LogP contribution >= 0.6 is 12.4 Å². The Labute approximate surface area is 150 Å². The molecule has 0 heterocycles. The monoisotopic (exact) mass is 358 g/mol. The van der Waals surface area contributed by atoms with E-state index in [0.717, 1.165) is 12.8 Å². The second kappa shape index (κ2) is 9.23. The summed E-state index contributed by atoms with van der Waals surface area (Å²) in [6.07, 6.45) is 5.09. The molecular weight excluding hydrogens is 331 g/mol. The van der Waals surface area contributed by atoms with Crippen molar-refractivity contribution in [1.29, 1.82) is 0 Å². The van der Waals surface area contributed by atoms with Crippen LogP contribution in [0.5, 0.6) is 5.75 Å². The SMILES string of the molecule is CC(Oc1ccccc1F)C(=O)NCC1(N(C)C)CCCCC1.Cl. The van der Waals surface area contributed by atoms with Crippen molar-refractivity contribution in [3.05, 3.63) is 30.1 Å². The molecule has 1 saturated carbocycles. The predicted octanol–water partition coefficient (Wildman–Crippen LogP) is 3.40. The summed E-state index contributed by atoms with van der Waals surface area (Å²) in [5.74, 6) is -0.556. The molecule has 0 saturated heterocycles. The van der Waals surface area contributed by atoms with Gasteiger partial charge in [-0.3, -0.25) is 4.79 Å². The first-order valence-corrected chi connectivity index (χ1v) is 8.31. The van der Waals surface area contributed by atoms with E-state index in [1.807, 2.05) is 0 Å². The summed E-state index contributed by atoms with van der Waals surface area (Å²) in [4.78, 5) is 14.5. The minimum atomic E-state index is -0.727. The van der Waals surface area contributed by atoms with Gasteiger partial charge in [0.2, 0.25) is 0 Å². The molecule has 1 fully saturated rings. The van der Waals surface area contributed by atoms with E-state index in [0.29, 0.717) is 6.54 Å². The van der Waals surface area contributed by atoms with E-state index in [1.165, 1.54) is 31.4 Å². The van der Waals surface area contributed by atoms with Crippen LogP contribution in [0.25, 0.3) is 0 Å². The molecule has 0 bridgehead atoms. The number of nitrogens with zero attached hydrogens (tertiary/aromatic N) is 1. The van der Waals surface area contributed by atoms with Gasteiger partial charge in [0.15, 0.2) is 17.7 Å². The van der Waals surface area contributed by atoms with Gasteiger partial charge in [-0.15, -0.1) is 12.4 Å². The fourth-order valence-electron chi connectivity index (χ4n) is 3.17. The summed E-state index contributed by atoms with van der Waals surface area (Å²) in [6.45, 7) is 2.24. The highest BCUT2D eigenvalue weighted by Gasteiger charge is 2.34. The summed E-state index contributed by atoms with van der Waals surface area (Å²) < 4.78 is 19.0. The summed E-state index contributed by atoms with van der Waals surface area (Å²) in [5.41, 5.74) is 0.0195. The second-order valence-electron chi connectivity index (χ2n) is 6.59. The molecule has 4 nitrogen and oxygen atoms in total. The van der Waals surface area contributed by atoms with Crippen LogP contribution in [0.4, 0.5) is 4.39 Å². The van der Waals surface area contributed by atoms with Crippen molar-refractivity contribution < 1.29 is 13.9 Å². The van der Waals surface area contributed by atoms with Gasteiger partial charge in [0, 0.05) is 12.1 Å². The van der Waals surface area contributed by atoms with Gasteiger partial charge in [0.25, 0.3) is 5.91 Å². The molecule has 0 aromatic heterocycles. The third kappa shape index (κ3) is 5.08. The van der Waals surface area contributed by atoms with Crippen LogP contribution in [-0.2, 0) is 4.79 Å². The van der Waals surface area contributed by atoms with Crippen molar-refractivity contribution >= 4 is 18.3 Å². The van der Waals surface area contributed by atoms with Crippen LogP contribution in [0.2, 0.25) is 0 Å². The first-order chi connectivity index (χ1) is 10.9. The third-order valence-corrected chi connectivity index (χ3v) is 4.83. The van der Waals surface area contributed by atoms with Crippen molar-refractivity contribution in [3.63, 3.8) is 0 Å². The van der Waals surface area contributed by atoms with Gasteiger partial charge in [-0.2, -0.15) is 0 Å². The standard InChI is InChI=1S/C18H27FN2O2.ClH/c1-14(23-16-10-6-5-9-15(16)19)17(22)20-13-18(21(2)3)11-7-4-8-12-18;/h5-6,9-10,14H,4,7-8,11-13H2,1-3H3,(H,20,22);1H. The van der Waals surface area contributed by atoms with E-state index in [9.17, 15) is 9.18 Å². The molecule has 0 aliphatic heterocycles. The number of hydrogen-bond acceptors (Lipinski definition) is 3. The number of para-hydroxylation sites is 1. The van der Waals surface area contributed by atoms with E-state index in [1.54, 1.807) is 19.1 Å². The summed E-state index contributed by atoms with van der Waals surface area (Å²) in [5, 5.41) is 2.99. The minimum Gasteiger partial charge on any atom is -0.478 e. The molecule has 24 heavy (non-hydrogen) atoms. The zero-order chi connectivity index (χ0) is 16.9. The number of ether oxygens (including phenoxy) is 1. The normalized spacial score (nSPS) is 17.7. The van der Waals surface area contributed by atoms with Crippen molar-refractivity contribution in [3.8, 4) is 5.75 Å². The van der Waals surface area contributed by atoms with E-state index in [4.69, 9.17) is 4.74 Å². The van der Waals surface area contributed by atoms with Crippen LogP contribution in [0.15, 0.2) is 24.3 Å². The van der Waals surface area contributed by atoms with Gasteiger partial charge in [-0.25, -0.2) is 4.39 Å². The minimum absolute atomic E-state index is 0. The molecule has 0 spiro atoms. The molecule has 1 aliphatic carbocycles. The number of hydrogen-bond donors (Lipinski definition) is 1. The maximum atomic E-state index is 13.6. The number of likely N-dealkylation sites (N-methyl/N-ethyl adjacent to an activating group) is 1. The first kappa shape index (κ1) is 20.7. The smallest absolute Gasteiger partial charge is 0.260 e. The topological polar surface area (TPSA) is 41.6 Å². The van der Waals surface area contributed by atoms with Crippen molar-refractivity contribution in [2.24, 2.45) is 0 Å². The Kier molecular flexibility index (Phi) is 7.97. The van der Waals surface area contributed by atoms with E-state index in [2.05, 4.69) is 24.3 Å². The zero-order valence-electron chi connectivity index (χ0n) is 14.7. The second-order valence-corrected chi connectivity index (χ2v) is 6.59. The molecule has 136 valence electrons. The lowest BCUT2D eigenvalue weighted by Gasteiger charge is -2.43. The van der Waals surface area contributed by atoms with Crippen molar-refractivity contribution in [2.45, 2.75) is 50.7 Å². The Morgan fingerprint density at radius 3 is 2.50 bits per heavy atom. The highest BCUT2D eigenvalue weighted by Crippen LogP contribution is 2.31. The van der Waals surface area contributed by atoms with Gasteiger partial charge in [0.05, 0.1) is 0 Å². The number of nitrogens with one attached hydrogen (secondary N) is 1. The molecule has 1 aromatic rings. The molecule has 1 amide bonds. The van der Waals surface area contributed by atoms with Crippen LogP contribution in [0.3, 0.4) is 0 Å². The number of carbonyl (C=O) groups excluding carboxylic acids is 1. The van der Waals surface area contributed by atoms with Crippen molar-refractivity contribution in [1.82, 2.24) is 10.2 Å². The molecular formula is C18H28ClFN2O2. The van der Waals surface area contributed by atoms with Gasteiger partial charge in [0.1, 0.15) is 0 Å². The lowest BCUT2D eigenvalue weighted by Crippen LogP contribution is -2.55. The molecule has 6 heteroatoms. The fourth-order valence-corrected chi connectivity index (χ4v) is 3.17. The Hall–Kier alpha value is -1.33. The largest absolute Gasteiger partial charge is 0.478 e. The number of amides is 1. The van der Waals surface area contributed by atoms with Gasteiger partial charge in [-0.1, -0.05) is 31.4 Å². The fraction of sp³-hybridized carbons (Fsp3) is 0.611. The predicted molar refractivity (Wildman–Crippen MR) is 96.3 cm³/mol. The lowest BCUT2D eigenvalue weighted by molar-refractivity contribution is -0.128. The average molecular weight is 359 g/mol. The van der Waals surface area contributed by atoms with Gasteiger partial charge in [-0.05, 0) is 46.0 Å². The lowest BCUT2D eigenvalue weighted by atomic mass is 9.80. The molecule has 1 N–H and O–H groups in total. The maximum Gasteiger partial charge on any atom is 0.260 e. The first-order valence-electron chi connectivity index (χ1n) is 8.31. The zero-order valence-corrected chi connectivity index (χ0v) is 15.5. The summed E-state index contributed by atoms with van der Waals surface area (Å²) in [7, 11) is 4.13. The Morgan fingerprint density at radius 2 is 1.92 bits per heavy atom. The van der Waals surface area contributed by atoms with E-state index < -0.39 is 11.9 Å². The molecule has 0 radical (unpaired) electrons. The summed E-state index contributed by atoms with van der Waals surface area (Å²) in [6, 6.07) is 6.13. The van der Waals surface area contributed by atoms with E-state index >= 15 is 0 Å². The van der Waals surface area contributed by atoms with Crippen molar-refractivity contribution in [2.75, 3.05) is 20.6 Å². The molecule has 1 aliphatic rings. The van der Waals surface area contributed by atoms with Crippen LogP contribution in [-0.4, -0.2) is 43.1 Å². The number of halogens is 2. The molecule has 1 unspecified atom stereocenters. The van der Waals surface area contributed by atoms with Gasteiger partial charge < -0.3 is 15.0 Å². The Morgan fingerprint density at radius 1 is 1.29 bits per heavy atom. The molecule has 2 rings (SSSR count). The number of benzene rings is 1. The Balaban J connectivity index is 0.00000288.